The van der Waals surface area contributed by atoms with Gasteiger partial charge in [0.2, 0.25) is 0 Å². The summed E-state index contributed by atoms with van der Waals surface area (Å²) in [4.78, 5) is 13.6. The zero-order chi connectivity index (χ0) is 24.3. The molecule has 0 unspecified atom stereocenters. The SMILES string of the molecule is COC(=O)c1c(NC(=S)Nc2ccc(S(=O)(=O)Nc3ccc(Cl)nn3)cc2)sc2c1CCCC2. The molecule has 0 saturated heterocycles. The maximum atomic E-state index is 12.6. The average Bonchev–Trinajstić information content (AvgIpc) is 3.18. The predicted molar refractivity (Wildman–Crippen MR) is 136 cm³/mol. The number of methoxy groups -OCH3 is 1. The number of sulfonamides is 1. The second-order valence-electron chi connectivity index (χ2n) is 7.36. The molecule has 0 radical (unpaired) electrons. The van der Waals surface area contributed by atoms with Crippen molar-refractivity contribution in [3.05, 3.63) is 57.6 Å². The fourth-order valence-corrected chi connectivity index (χ4v) is 6.19. The van der Waals surface area contributed by atoms with Gasteiger partial charge in [-0.2, -0.15) is 0 Å². The highest BCUT2D eigenvalue weighted by molar-refractivity contribution is 7.92. The number of thiocarbonyl (C=S) groups is 1. The number of halogens is 1. The van der Waals surface area contributed by atoms with Crippen molar-refractivity contribution in [3.63, 3.8) is 0 Å². The standard InChI is InChI=1S/C21H20ClN5O4S3/c1-31-20(28)18-14-4-2-3-5-15(14)33-19(18)24-21(32)23-12-6-8-13(9-7-12)34(29,30)27-17-11-10-16(22)25-26-17/h6-11H,2-5H2,1H3,(H,26,27)(H2,23,24,32). The Morgan fingerprint density at radius 1 is 1.09 bits per heavy atom. The van der Waals surface area contributed by atoms with Gasteiger partial charge < -0.3 is 15.4 Å². The monoisotopic (exact) mass is 537 g/mol. The largest absolute Gasteiger partial charge is 0.465 e. The summed E-state index contributed by atoms with van der Waals surface area (Å²) in [6, 6.07) is 8.87. The van der Waals surface area contributed by atoms with E-state index < -0.39 is 16.0 Å². The number of benzene rings is 1. The summed E-state index contributed by atoms with van der Waals surface area (Å²) in [6.45, 7) is 0. The molecule has 1 aromatic carbocycles. The highest BCUT2D eigenvalue weighted by atomic mass is 35.5. The topological polar surface area (TPSA) is 122 Å². The number of carbonyl (C=O) groups excluding carboxylic acids is 1. The number of hydrogen-bond acceptors (Lipinski definition) is 8. The van der Waals surface area contributed by atoms with Gasteiger partial charge in [-0.3, -0.25) is 4.72 Å². The molecule has 0 aliphatic heterocycles. The zero-order valence-corrected chi connectivity index (χ0v) is 21.1. The van der Waals surface area contributed by atoms with E-state index >= 15 is 0 Å². The number of rotatable bonds is 6. The van der Waals surface area contributed by atoms with E-state index in [2.05, 4.69) is 25.6 Å². The van der Waals surface area contributed by atoms with E-state index in [0.717, 1.165) is 31.2 Å². The zero-order valence-electron chi connectivity index (χ0n) is 17.9. The molecule has 2 aromatic heterocycles. The molecule has 0 spiro atoms. The number of carbonyl (C=O) groups is 1. The molecular weight excluding hydrogens is 518 g/mol. The summed E-state index contributed by atoms with van der Waals surface area (Å²) in [5, 5.41) is 14.5. The van der Waals surface area contributed by atoms with Crippen LogP contribution in [0.25, 0.3) is 0 Å². The summed E-state index contributed by atoms with van der Waals surface area (Å²) in [6.07, 6.45) is 3.89. The summed E-state index contributed by atoms with van der Waals surface area (Å²) >= 11 is 12.6. The average molecular weight is 538 g/mol. The number of aromatic nitrogens is 2. The Balaban J connectivity index is 1.45. The van der Waals surface area contributed by atoms with Crippen LogP contribution in [0, 0.1) is 0 Å². The molecule has 4 rings (SSSR count). The van der Waals surface area contributed by atoms with Crippen LogP contribution < -0.4 is 15.4 Å². The molecule has 1 aliphatic carbocycles. The smallest absolute Gasteiger partial charge is 0.341 e. The molecule has 13 heteroatoms. The minimum atomic E-state index is -3.86. The molecule has 34 heavy (non-hydrogen) atoms. The van der Waals surface area contributed by atoms with Crippen LogP contribution in [0.2, 0.25) is 5.15 Å². The van der Waals surface area contributed by atoms with Gasteiger partial charge in [-0.05, 0) is 79.9 Å². The quantitative estimate of drug-likeness (QED) is 0.309. The number of nitrogens with one attached hydrogen (secondary N) is 3. The Labute approximate surface area is 210 Å². The Morgan fingerprint density at radius 2 is 1.82 bits per heavy atom. The highest BCUT2D eigenvalue weighted by Gasteiger charge is 2.26. The molecule has 0 fully saturated rings. The summed E-state index contributed by atoms with van der Waals surface area (Å²) in [5.74, 6) is -0.339. The minimum Gasteiger partial charge on any atom is -0.465 e. The van der Waals surface area contributed by atoms with E-state index in [1.54, 1.807) is 12.1 Å². The lowest BCUT2D eigenvalue weighted by molar-refractivity contribution is 0.0601. The van der Waals surface area contributed by atoms with Gasteiger partial charge in [-0.15, -0.1) is 21.5 Å². The lowest BCUT2D eigenvalue weighted by Gasteiger charge is -2.13. The number of fused-ring (bicyclic) bond motifs is 1. The third kappa shape index (κ3) is 5.46. The van der Waals surface area contributed by atoms with E-state index in [1.807, 2.05) is 0 Å². The van der Waals surface area contributed by atoms with Crippen molar-refractivity contribution >= 4 is 72.8 Å². The van der Waals surface area contributed by atoms with E-state index in [1.165, 1.54) is 47.6 Å². The van der Waals surface area contributed by atoms with Crippen molar-refractivity contribution in [2.45, 2.75) is 30.6 Å². The fourth-order valence-electron chi connectivity index (χ4n) is 3.52. The second-order valence-corrected chi connectivity index (χ2v) is 10.9. The minimum absolute atomic E-state index is 0.0348. The Kier molecular flexibility index (Phi) is 7.31. The first-order valence-electron chi connectivity index (χ1n) is 10.2. The van der Waals surface area contributed by atoms with Gasteiger partial charge in [0.25, 0.3) is 10.0 Å². The predicted octanol–water partition coefficient (Wildman–Crippen LogP) is 4.47. The molecule has 178 valence electrons. The van der Waals surface area contributed by atoms with Gasteiger partial charge >= 0.3 is 5.97 Å². The van der Waals surface area contributed by atoms with E-state index in [9.17, 15) is 13.2 Å². The molecule has 0 bridgehead atoms. The lowest BCUT2D eigenvalue weighted by Crippen LogP contribution is -2.20. The maximum Gasteiger partial charge on any atom is 0.341 e. The van der Waals surface area contributed by atoms with Crippen molar-refractivity contribution in [2.75, 3.05) is 22.5 Å². The number of ether oxygens (including phenoxy) is 1. The third-order valence-corrected chi connectivity index (χ3v) is 8.06. The number of aryl methyl sites for hydroxylation is 1. The van der Waals surface area contributed by atoms with Crippen LogP contribution in [-0.4, -0.2) is 36.8 Å². The van der Waals surface area contributed by atoms with Crippen molar-refractivity contribution in [1.82, 2.24) is 10.2 Å². The molecule has 0 atom stereocenters. The molecule has 3 N–H and O–H groups in total. The number of esters is 1. The van der Waals surface area contributed by atoms with E-state index in [4.69, 9.17) is 28.6 Å². The first-order chi connectivity index (χ1) is 16.3. The first-order valence-corrected chi connectivity index (χ1v) is 13.3. The number of anilines is 3. The molecule has 1 aliphatic rings. The van der Waals surface area contributed by atoms with Gasteiger partial charge in [0.05, 0.1) is 17.6 Å². The maximum absolute atomic E-state index is 12.6. The number of thiophene rings is 1. The van der Waals surface area contributed by atoms with Crippen LogP contribution in [0.1, 0.15) is 33.6 Å². The second kappa shape index (κ2) is 10.2. The van der Waals surface area contributed by atoms with E-state index in [-0.39, 0.29) is 21.0 Å². The Hall–Kier alpha value is -2.80. The Bertz CT molecular complexity index is 1330. The lowest BCUT2D eigenvalue weighted by atomic mass is 9.95. The van der Waals surface area contributed by atoms with Crippen molar-refractivity contribution in [3.8, 4) is 0 Å². The summed E-state index contributed by atoms with van der Waals surface area (Å²) in [7, 11) is -2.50. The van der Waals surface area contributed by atoms with Crippen molar-refractivity contribution < 1.29 is 17.9 Å². The van der Waals surface area contributed by atoms with Gasteiger partial charge in [0.1, 0.15) is 5.00 Å². The van der Waals surface area contributed by atoms with Crippen LogP contribution in [-0.2, 0) is 27.6 Å². The number of nitrogens with zero attached hydrogens (tertiary/aromatic N) is 2. The highest BCUT2D eigenvalue weighted by Crippen LogP contribution is 2.38. The van der Waals surface area contributed by atoms with Crippen molar-refractivity contribution in [2.24, 2.45) is 0 Å². The van der Waals surface area contributed by atoms with Crippen molar-refractivity contribution in [1.29, 1.82) is 0 Å². The molecule has 3 aromatic rings. The summed E-state index contributed by atoms with van der Waals surface area (Å²) in [5.41, 5.74) is 2.13. The van der Waals surface area contributed by atoms with Crippen LogP contribution >= 0.6 is 35.2 Å². The molecular formula is C21H20ClN5O4S3. The molecule has 2 heterocycles. The van der Waals surface area contributed by atoms with Crippen LogP contribution in [0.15, 0.2) is 41.3 Å². The van der Waals surface area contributed by atoms with Crippen LogP contribution in [0.4, 0.5) is 16.5 Å². The van der Waals surface area contributed by atoms with Crippen LogP contribution in [0.5, 0.6) is 0 Å². The fraction of sp³-hybridized carbons (Fsp3) is 0.238. The van der Waals surface area contributed by atoms with Gasteiger partial charge in [-0.25, -0.2) is 13.2 Å². The van der Waals surface area contributed by atoms with Gasteiger partial charge in [-0.1, -0.05) is 11.6 Å². The number of hydrogen-bond donors (Lipinski definition) is 3. The molecule has 0 amide bonds. The Morgan fingerprint density at radius 3 is 2.50 bits per heavy atom. The summed E-state index contributed by atoms with van der Waals surface area (Å²) < 4.78 is 32.5. The van der Waals surface area contributed by atoms with Crippen LogP contribution in [0.3, 0.4) is 0 Å². The van der Waals surface area contributed by atoms with Gasteiger partial charge in [0.15, 0.2) is 16.1 Å². The molecule has 0 saturated carbocycles. The van der Waals surface area contributed by atoms with Gasteiger partial charge in [0, 0.05) is 10.6 Å². The third-order valence-electron chi connectivity index (χ3n) is 5.08. The normalized spacial score (nSPS) is 13.0. The molecule has 9 nitrogen and oxygen atoms in total. The van der Waals surface area contributed by atoms with E-state index in [0.29, 0.717) is 16.3 Å². The first kappa shape index (κ1) is 24.3.